The van der Waals surface area contributed by atoms with Crippen molar-refractivity contribution in [1.82, 2.24) is 15.5 Å². The summed E-state index contributed by atoms with van der Waals surface area (Å²) < 4.78 is 4.81. The Morgan fingerprint density at radius 2 is 2.33 bits per heavy atom. The summed E-state index contributed by atoms with van der Waals surface area (Å²) in [6, 6.07) is 4.76. The third-order valence-electron chi connectivity index (χ3n) is 2.27. The van der Waals surface area contributed by atoms with Crippen molar-refractivity contribution < 1.29 is 9.32 Å². The smallest absolute Gasteiger partial charge is 0.252 e. The van der Waals surface area contributed by atoms with Gasteiger partial charge in [0.15, 0.2) is 6.33 Å². The molecule has 2 rings (SSSR count). The molecule has 1 aromatic carbocycles. The van der Waals surface area contributed by atoms with Gasteiger partial charge in [0, 0.05) is 18.7 Å². The normalized spacial score (nSPS) is 10.3. The van der Waals surface area contributed by atoms with E-state index >= 15 is 0 Å². The van der Waals surface area contributed by atoms with E-state index in [1.807, 2.05) is 0 Å². The lowest BCUT2D eigenvalue weighted by Gasteiger charge is -2.06. The molecular formula is C11H11ClN4O2. The van der Waals surface area contributed by atoms with Crippen molar-refractivity contribution in [3.8, 4) is 0 Å². The van der Waals surface area contributed by atoms with Crippen LogP contribution in [0.1, 0.15) is 16.2 Å². The number of anilines is 1. The number of nitrogens with zero attached hydrogens (tertiary/aromatic N) is 2. The largest absolute Gasteiger partial charge is 0.399 e. The number of hydrogen-bond acceptors (Lipinski definition) is 5. The maximum Gasteiger partial charge on any atom is 0.252 e. The summed E-state index contributed by atoms with van der Waals surface area (Å²) in [7, 11) is 0. The van der Waals surface area contributed by atoms with Crippen molar-refractivity contribution in [3.05, 3.63) is 41.0 Å². The zero-order chi connectivity index (χ0) is 13.0. The number of aromatic nitrogens is 2. The molecule has 0 aliphatic heterocycles. The summed E-state index contributed by atoms with van der Waals surface area (Å²) in [6.45, 7) is 0.381. The van der Waals surface area contributed by atoms with Gasteiger partial charge < -0.3 is 15.6 Å². The molecule has 0 saturated heterocycles. The van der Waals surface area contributed by atoms with Gasteiger partial charge in [-0.15, -0.1) is 0 Å². The van der Waals surface area contributed by atoms with Crippen molar-refractivity contribution in [2.75, 3.05) is 12.3 Å². The third-order valence-corrected chi connectivity index (χ3v) is 2.60. The summed E-state index contributed by atoms with van der Waals surface area (Å²) in [5.74, 6) is 0.181. The molecule has 0 aliphatic rings. The van der Waals surface area contributed by atoms with Gasteiger partial charge in [-0.25, -0.2) is 0 Å². The molecule has 1 aromatic heterocycles. The molecule has 0 aliphatic carbocycles. The van der Waals surface area contributed by atoms with E-state index in [1.165, 1.54) is 12.4 Å². The molecule has 0 fully saturated rings. The second kappa shape index (κ2) is 5.50. The molecule has 0 bridgehead atoms. The van der Waals surface area contributed by atoms with Crippen LogP contribution in [0, 0.1) is 0 Å². The Morgan fingerprint density at radius 3 is 3.06 bits per heavy atom. The molecule has 18 heavy (non-hydrogen) atoms. The van der Waals surface area contributed by atoms with Gasteiger partial charge in [0.1, 0.15) is 0 Å². The van der Waals surface area contributed by atoms with Crippen molar-refractivity contribution >= 4 is 23.2 Å². The number of hydrogen-bond donors (Lipinski definition) is 2. The molecular weight excluding hydrogens is 256 g/mol. The number of benzene rings is 1. The van der Waals surface area contributed by atoms with Crippen molar-refractivity contribution in [3.63, 3.8) is 0 Å². The number of rotatable bonds is 4. The zero-order valence-corrected chi connectivity index (χ0v) is 10.1. The second-order valence-corrected chi connectivity index (χ2v) is 3.99. The lowest BCUT2D eigenvalue weighted by atomic mass is 10.2. The average Bonchev–Trinajstić information content (AvgIpc) is 2.85. The van der Waals surface area contributed by atoms with Gasteiger partial charge >= 0.3 is 0 Å². The summed E-state index contributed by atoms with van der Waals surface area (Å²) in [4.78, 5) is 15.7. The van der Waals surface area contributed by atoms with Crippen molar-refractivity contribution in [2.24, 2.45) is 0 Å². The average molecular weight is 267 g/mol. The zero-order valence-electron chi connectivity index (χ0n) is 9.39. The number of amides is 1. The van der Waals surface area contributed by atoms with E-state index in [1.54, 1.807) is 12.1 Å². The summed E-state index contributed by atoms with van der Waals surface area (Å²) in [6.07, 6.45) is 1.78. The highest BCUT2D eigenvalue weighted by atomic mass is 35.5. The fourth-order valence-corrected chi connectivity index (χ4v) is 1.60. The first-order valence-electron chi connectivity index (χ1n) is 5.25. The van der Waals surface area contributed by atoms with Crippen molar-refractivity contribution in [1.29, 1.82) is 0 Å². The number of carbonyl (C=O) groups is 1. The van der Waals surface area contributed by atoms with Crippen LogP contribution in [-0.4, -0.2) is 22.6 Å². The SMILES string of the molecule is Nc1ccc(Cl)c(C(=O)NCCc2ncno2)c1. The topological polar surface area (TPSA) is 94.0 Å². The van der Waals surface area contributed by atoms with Gasteiger partial charge in [-0.1, -0.05) is 16.8 Å². The monoisotopic (exact) mass is 266 g/mol. The molecule has 0 atom stereocenters. The lowest BCUT2D eigenvalue weighted by Crippen LogP contribution is -2.26. The van der Waals surface area contributed by atoms with Gasteiger partial charge in [0.2, 0.25) is 5.89 Å². The van der Waals surface area contributed by atoms with Gasteiger partial charge in [-0.2, -0.15) is 4.98 Å². The minimum Gasteiger partial charge on any atom is -0.399 e. The first-order valence-corrected chi connectivity index (χ1v) is 5.63. The Balaban J connectivity index is 1.93. The maximum atomic E-state index is 11.8. The van der Waals surface area contributed by atoms with E-state index in [0.29, 0.717) is 35.1 Å². The summed E-state index contributed by atoms with van der Waals surface area (Å²) in [5.41, 5.74) is 6.44. The van der Waals surface area contributed by atoms with Crippen LogP contribution in [0.2, 0.25) is 5.02 Å². The van der Waals surface area contributed by atoms with Crippen LogP contribution >= 0.6 is 11.6 Å². The Labute approximate surface area is 108 Å². The predicted molar refractivity (Wildman–Crippen MR) is 66.2 cm³/mol. The van der Waals surface area contributed by atoms with Crippen LogP contribution in [0.5, 0.6) is 0 Å². The molecule has 0 spiro atoms. The number of nitrogens with one attached hydrogen (secondary N) is 1. The van der Waals surface area contributed by atoms with E-state index < -0.39 is 0 Å². The molecule has 1 heterocycles. The Bertz CT molecular complexity index is 542. The Kier molecular flexibility index (Phi) is 3.78. The minimum absolute atomic E-state index is 0.285. The quantitative estimate of drug-likeness (QED) is 0.813. The molecule has 0 radical (unpaired) electrons. The van der Waals surface area contributed by atoms with Gasteiger partial charge in [0.25, 0.3) is 5.91 Å². The first kappa shape index (κ1) is 12.4. The Hall–Kier alpha value is -2.08. The van der Waals surface area contributed by atoms with Gasteiger partial charge in [-0.05, 0) is 18.2 Å². The highest BCUT2D eigenvalue weighted by Gasteiger charge is 2.10. The molecule has 94 valence electrons. The van der Waals surface area contributed by atoms with E-state index in [9.17, 15) is 4.79 Å². The fraction of sp³-hybridized carbons (Fsp3) is 0.182. The third kappa shape index (κ3) is 2.98. The standard InChI is InChI=1S/C11H11ClN4O2/c12-9-2-1-7(13)5-8(9)11(17)14-4-3-10-15-6-16-18-10/h1-2,5-6H,3-4,13H2,(H,14,17). The molecule has 0 unspecified atom stereocenters. The summed E-state index contributed by atoms with van der Waals surface area (Å²) >= 11 is 5.91. The van der Waals surface area contributed by atoms with Crippen LogP contribution in [0.4, 0.5) is 5.69 Å². The first-order chi connectivity index (χ1) is 8.66. The van der Waals surface area contributed by atoms with E-state index in [4.69, 9.17) is 21.9 Å². The lowest BCUT2D eigenvalue weighted by molar-refractivity contribution is 0.0953. The second-order valence-electron chi connectivity index (χ2n) is 3.58. The molecule has 0 saturated carbocycles. The van der Waals surface area contributed by atoms with Crippen molar-refractivity contribution in [2.45, 2.75) is 6.42 Å². The number of nitrogen functional groups attached to an aromatic ring is 1. The molecule has 6 nitrogen and oxygen atoms in total. The highest BCUT2D eigenvalue weighted by Crippen LogP contribution is 2.18. The predicted octanol–water partition coefficient (Wildman–Crippen LogP) is 1.28. The van der Waals surface area contributed by atoms with E-state index in [2.05, 4.69) is 15.5 Å². The van der Waals surface area contributed by atoms with Crippen LogP contribution < -0.4 is 11.1 Å². The summed E-state index contributed by atoms with van der Waals surface area (Å²) in [5, 5.41) is 6.53. The molecule has 3 N–H and O–H groups in total. The number of halogens is 1. The van der Waals surface area contributed by atoms with E-state index in [0.717, 1.165) is 0 Å². The van der Waals surface area contributed by atoms with Crippen LogP contribution in [0.15, 0.2) is 29.0 Å². The molecule has 1 amide bonds. The van der Waals surface area contributed by atoms with Crippen LogP contribution in [-0.2, 0) is 6.42 Å². The fourth-order valence-electron chi connectivity index (χ4n) is 1.40. The highest BCUT2D eigenvalue weighted by molar-refractivity contribution is 6.34. The Morgan fingerprint density at radius 1 is 1.50 bits per heavy atom. The number of nitrogens with two attached hydrogens (primary N) is 1. The maximum absolute atomic E-state index is 11.8. The minimum atomic E-state index is -0.285. The van der Waals surface area contributed by atoms with Crippen LogP contribution in [0.3, 0.4) is 0 Å². The van der Waals surface area contributed by atoms with Gasteiger partial charge in [0.05, 0.1) is 10.6 Å². The van der Waals surface area contributed by atoms with Gasteiger partial charge in [-0.3, -0.25) is 4.79 Å². The van der Waals surface area contributed by atoms with E-state index in [-0.39, 0.29) is 5.91 Å². The number of carbonyl (C=O) groups excluding carboxylic acids is 1. The molecule has 2 aromatic rings. The molecule has 7 heteroatoms. The van der Waals surface area contributed by atoms with Crippen LogP contribution in [0.25, 0.3) is 0 Å².